The van der Waals surface area contributed by atoms with Gasteiger partial charge in [-0.1, -0.05) is 0 Å². The van der Waals surface area contributed by atoms with Crippen LogP contribution in [-0.2, 0) is 33.3 Å². The number of hydrogen-bond donors (Lipinski definition) is 1. The first-order valence-corrected chi connectivity index (χ1v) is 8.07. The maximum absolute atomic E-state index is 11.5. The van der Waals surface area contributed by atoms with Crippen LogP contribution in [0.1, 0.15) is 27.0 Å². The number of esters is 3. The molecule has 1 aromatic rings. The molecule has 0 amide bonds. The summed E-state index contributed by atoms with van der Waals surface area (Å²) in [6, 6.07) is 1.49. The van der Waals surface area contributed by atoms with Crippen molar-refractivity contribution in [3.8, 4) is 0 Å². The molecule has 0 aromatic carbocycles. The van der Waals surface area contributed by atoms with Crippen LogP contribution in [-0.4, -0.2) is 52.4 Å². The zero-order valence-corrected chi connectivity index (χ0v) is 15.2. The maximum Gasteiger partial charge on any atom is 0.303 e. The van der Waals surface area contributed by atoms with Crippen LogP contribution >= 0.6 is 12.2 Å². The van der Waals surface area contributed by atoms with E-state index >= 15 is 0 Å². The molecule has 0 aliphatic carbocycles. The number of ether oxygens (including phenoxy) is 4. The highest BCUT2D eigenvalue weighted by Crippen LogP contribution is 2.34. The van der Waals surface area contributed by atoms with E-state index in [1.165, 1.54) is 37.6 Å². The van der Waals surface area contributed by atoms with Crippen molar-refractivity contribution < 1.29 is 33.3 Å². The Morgan fingerprint density at radius 1 is 1.19 bits per heavy atom. The fourth-order valence-corrected chi connectivity index (χ4v) is 2.81. The number of hydrogen-bond acceptors (Lipinski definition) is 10. The largest absolute Gasteiger partial charge is 0.463 e. The summed E-state index contributed by atoms with van der Waals surface area (Å²) in [5, 5.41) is 0. The molecule has 4 atom stereocenters. The Labute approximate surface area is 154 Å². The van der Waals surface area contributed by atoms with Crippen molar-refractivity contribution in [3.63, 3.8) is 0 Å². The molecule has 1 saturated heterocycles. The molecule has 142 valence electrons. The fourth-order valence-electron chi connectivity index (χ4n) is 2.54. The van der Waals surface area contributed by atoms with Gasteiger partial charge >= 0.3 is 17.9 Å². The highest BCUT2D eigenvalue weighted by atomic mass is 32.1. The lowest BCUT2D eigenvalue weighted by molar-refractivity contribution is -0.166. The van der Waals surface area contributed by atoms with Gasteiger partial charge in [-0.15, -0.1) is 0 Å². The Bertz CT molecular complexity index is 766. The summed E-state index contributed by atoms with van der Waals surface area (Å²) in [5.41, 5.74) is 5.60. The van der Waals surface area contributed by atoms with Gasteiger partial charge in [-0.05, 0) is 18.3 Å². The van der Waals surface area contributed by atoms with E-state index in [2.05, 4.69) is 4.98 Å². The lowest BCUT2D eigenvalue weighted by Crippen LogP contribution is -2.40. The molecule has 1 fully saturated rings. The quantitative estimate of drug-likeness (QED) is 0.434. The lowest BCUT2D eigenvalue weighted by atomic mass is 10.1. The van der Waals surface area contributed by atoms with Gasteiger partial charge in [0.15, 0.2) is 18.4 Å². The fraction of sp³-hybridized carbons (Fsp3) is 0.533. The van der Waals surface area contributed by atoms with Crippen molar-refractivity contribution in [2.24, 2.45) is 0 Å². The smallest absolute Gasteiger partial charge is 0.303 e. The van der Waals surface area contributed by atoms with Gasteiger partial charge < -0.3 is 24.7 Å². The van der Waals surface area contributed by atoms with Crippen molar-refractivity contribution in [1.29, 1.82) is 0 Å². The van der Waals surface area contributed by atoms with Crippen molar-refractivity contribution in [1.82, 2.24) is 9.55 Å². The predicted octanol–water partition coefficient (Wildman–Crippen LogP) is 0.519. The number of nitrogens with two attached hydrogens (primary N) is 1. The number of rotatable bonds is 5. The highest BCUT2D eigenvalue weighted by Gasteiger charge is 2.50. The van der Waals surface area contributed by atoms with Gasteiger partial charge in [-0.2, -0.15) is 0 Å². The lowest BCUT2D eigenvalue weighted by Gasteiger charge is -2.24. The Hall–Kier alpha value is -2.53. The molecule has 1 aromatic heterocycles. The van der Waals surface area contributed by atoms with Gasteiger partial charge in [-0.25, -0.2) is 4.98 Å². The minimum atomic E-state index is -1.02. The van der Waals surface area contributed by atoms with Crippen LogP contribution in [0.5, 0.6) is 0 Å². The van der Waals surface area contributed by atoms with E-state index in [0.717, 1.165) is 0 Å². The molecule has 10 nitrogen and oxygen atoms in total. The summed E-state index contributed by atoms with van der Waals surface area (Å²) < 4.78 is 22.9. The van der Waals surface area contributed by atoms with Crippen molar-refractivity contribution >= 4 is 35.9 Å². The SMILES string of the molecule is CC(=O)OC[C@H]1O[C@@H](n2ccc(N)nc2=S)[C@H](OC(C)=O)[C@@H]1OC(C)=O. The number of carbonyl (C=O) groups excluding carboxylic acids is 3. The zero-order valence-electron chi connectivity index (χ0n) is 14.4. The zero-order chi connectivity index (χ0) is 19.4. The minimum Gasteiger partial charge on any atom is -0.463 e. The van der Waals surface area contributed by atoms with E-state index in [1.54, 1.807) is 0 Å². The standard InChI is InChI=1S/C15H19N3O7S/c1-7(19)22-6-10-12(23-8(2)20)13(24-9(3)21)14(25-10)18-5-4-11(16)17-15(18)26/h4-5,10,12-14H,6H2,1-3H3,(H2,16,17,26)/t10-,12-,13-,14-/m1/s1. The Kier molecular flexibility index (Phi) is 6.27. The van der Waals surface area contributed by atoms with E-state index in [9.17, 15) is 14.4 Å². The van der Waals surface area contributed by atoms with Crippen LogP contribution in [0.2, 0.25) is 0 Å². The molecule has 1 aliphatic heterocycles. The molecule has 2 rings (SSSR count). The molecule has 1 aliphatic rings. The minimum absolute atomic E-state index is 0.0851. The molecule has 2 N–H and O–H groups in total. The average molecular weight is 385 g/mol. The van der Waals surface area contributed by atoms with Crippen LogP contribution < -0.4 is 5.73 Å². The molecule has 11 heteroatoms. The summed E-state index contributed by atoms with van der Waals surface area (Å²) in [5.74, 6) is -1.54. The van der Waals surface area contributed by atoms with E-state index in [0.29, 0.717) is 0 Å². The number of anilines is 1. The van der Waals surface area contributed by atoms with E-state index < -0.39 is 42.4 Å². The second-order valence-corrected chi connectivity index (χ2v) is 5.92. The van der Waals surface area contributed by atoms with Gasteiger partial charge in [0, 0.05) is 27.0 Å². The normalized spacial score (nSPS) is 24.7. The van der Waals surface area contributed by atoms with Crippen molar-refractivity contribution in [2.45, 2.75) is 45.3 Å². The van der Waals surface area contributed by atoms with Crippen LogP contribution in [0.25, 0.3) is 0 Å². The number of nitrogens with zero attached hydrogens (tertiary/aromatic N) is 2. The van der Waals surface area contributed by atoms with Gasteiger partial charge in [0.2, 0.25) is 4.77 Å². The van der Waals surface area contributed by atoms with Crippen molar-refractivity contribution in [3.05, 3.63) is 17.0 Å². The summed E-state index contributed by atoms with van der Waals surface area (Å²) in [6.07, 6.45) is -2.31. The first-order chi connectivity index (χ1) is 12.2. The number of carbonyl (C=O) groups is 3. The van der Waals surface area contributed by atoms with Gasteiger partial charge in [0.25, 0.3) is 0 Å². The van der Waals surface area contributed by atoms with Gasteiger partial charge in [0.05, 0.1) is 0 Å². The van der Waals surface area contributed by atoms with Crippen LogP contribution in [0, 0.1) is 4.77 Å². The first kappa shape index (κ1) is 19.8. The van der Waals surface area contributed by atoms with Gasteiger partial charge in [-0.3, -0.25) is 19.0 Å². The van der Waals surface area contributed by atoms with E-state index in [-0.39, 0.29) is 17.2 Å². The molecule has 26 heavy (non-hydrogen) atoms. The first-order valence-electron chi connectivity index (χ1n) is 7.67. The topological polar surface area (TPSA) is 132 Å². The molecule has 0 radical (unpaired) electrons. The Balaban J connectivity index is 2.40. The second kappa shape index (κ2) is 8.23. The summed E-state index contributed by atoms with van der Waals surface area (Å²) in [6.45, 7) is 3.45. The van der Waals surface area contributed by atoms with Crippen molar-refractivity contribution in [2.75, 3.05) is 12.3 Å². The summed E-state index contributed by atoms with van der Waals surface area (Å²) in [7, 11) is 0. The van der Waals surface area contributed by atoms with Crippen LogP contribution in [0.15, 0.2) is 12.3 Å². The molecule has 0 unspecified atom stereocenters. The van der Waals surface area contributed by atoms with E-state index in [1.807, 2.05) is 0 Å². The molecule has 0 saturated carbocycles. The van der Waals surface area contributed by atoms with E-state index in [4.69, 9.17) is 36.9 Å². The maximum atomic E-state index is 11.5. The molecular weight excluding hydrogens is 366 g/mol. The molecular formula is C15H19N3O7S. The third-order valence-corrected chi connectivity index (χ3v) is 3.77. The average Bonchev–Trinajstić information content (AvgIpc) is 2.82. The summed E-state index contributed by atoms with van der Waals surface area (Å²) >= 11 is 5.17. The van der Waals surface area contributed by atoms with Gasteiger partial charge in [0.1, 0.15) is 18.5 Å². The third kappa shape index (κ3) is 4.76. The molecule has 2 heterocycles. The van der Waals surface area contributed by atoms with Crippen LogP contribution in [0.4, 0.5) is 5.82 Å². The van der Waals surface area contributed by atoms with Crippen LogP contribution in [0.3, 0.4) is 0 Å². The predicted molar refractivity (Wildman–Crippen MR) is 89.1 cm³/mol. The highest BCUT2D eigenvalue weighted by molar-refractivity contribution is 7.71. The second-order valence-electron chi connectivity index (χ2n) is 5.56. The Morgan fingerprint density at radius 3 is 2.35 bits per heavy atom. The number of nitrogen functional groups attached to an aromatic ring is 1. The monoisotopic (exact) mass is 385 g/mol. The summed E-state index contributed by atoms with van der Waals surface area (Å²) in [4.78, 5) is 38.1. The molecule has 0 spiro atoms. The molecule has 0 bridgehead atoms. The third-order valence-electron chi connectivity index (χ3n) is 3.47. The number of aromatic nitrogens is 2. The Morgan fingerprint density at radius 2 is 1.81 bits per heavy atom.